The number of anilines is 3. The minimum atomic E-state index is -0.332. The van der Waals surface area contributed by atoms with E-state index in [1.54, 1.807) is 6.07 Å². The van der Waals surface area contributed by atoms with Gasteiger partial charge < -0.3 is 20.9 Å². The second kappa shape index (κ2) is 11.3. The summed E-state index contributed by atoms with van der Waals surface area (Å²) in [7, 11) is 0. The van der Waals surface area contributed by atoms with Crippen LogP contribution in [0, 0.1) is 13.8 Å². The van der Waals surface area contributed by atoms with Crippen LogP contribution in [0.2, 0.25) is 0 Å². The molecule has 1 heterocycles. The van der Waals surface area contributed by atoms with E-state index in [9.17, 15) is 9.59 Å². The van der Waals surface area contributed by atoms with Gasteiger partial charge in [0.2, 0.25) is 0 Å². The zero-order valence-corrected chi connectivity index (χ0v) is 21.7. The Morgan fingerprint density at radius 1 is 0.861 bits per heavy atom. The molecular weight excluding hydrogens is 448 g/mol. The fraction of sp³-hybridized carbons (Fsp3) is 0.333. The lowest BCUT2D eigenvalue weighted by atomic mass is 10.0. The molecule has 0 aliphatic carbocycles. The van der Waals surface area contributed by atoms with Crippen molar-refractivity contribution in [3.8, 4) is 0 Å². The molecule has 1 saturated heterocycles. The number of aryl methyl sites for hydroxylation is 2. The van der Waals surface area contributed by atoms with Gasteiger partial charge in [-0.25, -0.2) is 4.79 Å². The van der Waals surface area contributed by atoms with Crippen molar-refractivity contribution in [1.29, 1.82) is 0 Å². The third kappa shape index (κ3) is 6.25. The largest absolute Gasteiger partial charge is 0.370 e. The van der Waals surface area contributed by atoms with Gasteiger partial charge in [0, 0.05) is 30.9 Å². The van der Waals surface area contributed by atoms with Gasteiger partial charge >= 0.3 is 6.03 Å². The number of benzene rings is 3. The van der Waals surface area contributed by atoms with Gasteiger partial charge in [0.1, 0.15) is 0 Å². The highest BCUT2D eigenvalue weighted by Crippen LogP contribution is 2.30. The van der Waals surface area contributed by atoms with Crippen LogP contribution >= 0.6 is 0 Å². The molecule has 3 aromatic carbocycles. The summed E-state index contributed by atoms with van der Waals surface area (Å²) in [4.78, 5) is 28.1. The Morgan fingerprint density at radius 3 is 2.25 bits per heavy atom. The molecule has 188 valence electrons. The van der Waals surface area contributed by atoms with E-state index >= 15 is 0 Å². The number of rotatable bonds is 7. The van der Waals surface area contributed by atoms with Gasteiger partial charge in [0.15, 0.2) is 0 Å². The lowest BCUT2D eigenvalue weighted by Crippen LogP contribution is -2.26. The summed E-state index contributed by atoms with van der Waals surface area (Å²) in [6.07, 6.45) is 2.23. The highest BCUT2D eigenvalue weighted by molar-refractivity contribution is 6.04. The van der Waals surface area contributed by atoms with E-state index in [4.69, 9.17) is 0 Å². The van der Waals surface area contributed by atoms with Crippen molar-refractivity contribution >= 4 is 29.0 Å². The van der Waals surface area contributed by atoms with Gasteiger partial charge in [0.05, 0.1) is 11.4 Å². The van der Waals surface area contributed by atoms with Gasteiger partial charge in [-0.1, -0.05) is 44.2 Å². The number of hydrogen-bond acceptors (Lipinski definition) is 3. The second-order valence-electron chi connectivity index (χ2n) is 9.88. The Morgan fingerprint density at radius 2 is 1.58 bits per heavy atom. The van der Waals surface area contributed by atoms with Crippen LogP contribution in [0.15, 0.2) is 60.7 Å². The molecule has 0 radical (unpaired) electrons. The number of nitrogens with zero attached hydrogens (tertiary/aromatic N) is 1. The third-order valence-corrected chi connectivity index (χ3v) is 6.82. The van der Waals surface area contributed by atoms with Crippen LogP contribution in [0.4, 0.5) is 21.9 Å². The summed E-state index contributed by atoms with van der Waals surface area (Å²) in [5.41, 5.74) is 7.42. The maximum absolute atomic E-state index is 13.0. The first-order valence-electron chi connectivity index (χ1n) is 12.7. The predicted octanol–water partition coefficient (Wildman–Crippen LogP) is 6.60. The van der Waals surface area contributed by atoms with E-state index in [1.807, 2.05) is 44.2 Å². The van der Waals surface area contributed by atoms with Crippen molar-refractivity contribution in [3.05, 3.63) is 88.5 Å². The minimum Gasteiger partial charge on any atom is -0.370 e. The molecule has 36 heavy (non-hydrogen) atoms. The van der Waals surface area contributed by atoms with Crippen LogP contribution in [-0.2, 0) is 6.54 Å². The maximum atomic E-state index is 13.0. The van der Waals surface area contributed by atoms with E-state index in [1.165, 1.54) is 11.1 Å². The first-order valence-corrected chi connectivity index (χ1v) is 12.7. The van der Waals surface area contributed by atoms with Gasteiger partial charge in [-0.3, -0.25) is 4.79 Å². The molecule has 3 aromatic rings. The smallest absolute Gasteiger partial charge is 0.323 e. The van der Waals surface area contributed by atoms with E-state index < -0.39 is 0 Å². The topological polar surface area (TPSA) is 73.5 Å². The average Bonchev–Trinajstić information content (AvgIpc) is 3.40. The minimum absolute atomic E-state index is 0.173. The van der Waals surface area contributed by atoms with Crippen molar-refractivity contribution in [1.82, 2.24) is 5.32 Å². The lowest BCUT2D eigenvalue weighted by Gasteiger charge is -2.22. The Bertz CT molecular complexity index is 1230. The van der Waals surface area contributed by atoms with Crippen LogP contribution in [0.1, 0.15) is 65.2 Å². The molecule has 4 rings (SSSR count). The predicted molar refractivity (Wildman–Crippen MR) is 148 cm³/mol. The maximum Gasteiger partial charge on any atom is 0.323 e. The monoisotopic (exact) mass is 484 g/mol. The van der Waals surface area contributed by atoms with Crippen LogP contribution in [0.3, 0.4) is 0 Å². The molecule has 1 aliphatic heterocycles. The average molecular weight is 485 g/mol. The molecule has 0 unspecified atom stereocenters. The number of urea groups is 1. The first kappa shape index (κ1) is 25.3. The number of amides is 3. The van der Waals surface area contributed by atoms with Crippen molar-refractivity contribution in [3.63, 3.8) is 0 Å². The Hall–Kier alpha value is -3.80. The van der Waals surface area contributed by atoms with Gasteiger partial charge in [-0.15, -0.1) is 0 Å². The third-order valence-electron chi connectivity index (χ3n) is 6.82. The Balaban J connectivity index is 1.48. The second-order valence-corrected chi connectivity index (χ2v) is 9.88. The summed E-state index contributed by atoms with van der Waals surface area (Å²) in [5.74, 6) is 0.300. The molecule has 0 atom stereocenters. The van der Waals surface area contributed by atoms with Gasteiger partial charge in [-0.2, -0.15) is 0 Å². The molecule has 3 amide bonds. The summed E-state index contributed by atoms with van der Waals surface area (Å²) in [6.45, 7) is 10.7. The van der Waals surface area contributed by atoms with Crippen LogP contribution in [0.25, 0.3) is 0 Å². The molecular formula is C30H36N4O2. The summed E-state index contributed by atoms with van der Waals surface area (Å²) in [5, 5.41) is 8.90. The van der Waals surface area contributed by atoms with Crippen molar-refractivity contribution in [2.24, 2.45) is 0 Å². The van der Waals surface area contributed by atoms with E-state index in [-0.39, 0.29) is 11.9 Å². The van der Waals surface area contributed by atoms with E-state index in [0.29, 0.717) is 23.7 Å². The first-order chi connectivity index (χ1) is 17.3. The Labute approximate surface area is 214 Å². The van der Waals surface area contributed by atoms with Crippen molar-refractivity contribution < 1.29 is 9.59 Å². The van der Waals surface area contributed by atoms with Crippen molar-refractivity contribution in [2.75, 3.05) is 28.6 Å². The lowest BCUT2D eigenvalue weighted by molar-refractivity contribution is 0.0951. The van der Waals surface area contributed by atoms with Gasteiger partial charge in [-0.05, 0) is 85.2 Å². The molecule has 3 N–H and O–H groups in total. The zero-order valence-electron chi connectivity index (χ0n) is 21.7. The quantitative estimate of drug-likeness (QED) is 0.354. The fourth-order valence-electron chi connectivity index (χ4n) is 4.42. The van der Waals surface area contributed by atoms with Crippen LogP contribution < -0.4 is 20.9 Å². The van der Waals surface area contributed by atoms with E-state index in [2.05, 4.69) is 59.0 Å². The van der Waals surface area contributed by atoms with Crippen molar-refractivity contribution in [2.45, 2.75) is 53.0 Å². The SMILES string of the molecule is Cc1ccc(NC(=O)Nc2cc(C(=O)NCc3ccc(C(C)C)cc3)ccc2N2CCCC2)cc1C. The standard InChI is InChI=1S/C30H36N4O2/c1-20(2)24-10-8-23(9-11-24)19-31-29(35)25-12-14-28(34-15-5-6-16-34)27(18-25)33-30(36)32-26-13-7-21(3)22(4)17-26/h7-14,17-18,20H,5-6,15-16,19H2,1-4H3,(H,31,35)(H2,32,33,36). The summed E-state index contributed by atoms with van der Waals surface area (Å²) < 4.78 is 0. The summed E-state index contributed by atoms with van der Waals surface area (Å²) in [6, 6.07) is 19.3. The van der Waals surface area contributed by atoms with E-state index in [0.717, 1.165) is 48.4 Å². The molecule has 1 fully saturated rings. The highest BCUT2D eigenvalue weighted by Gasteiger charge is 2.19. The zero-order chi connectivity index (χ0) is 25.7. The molecule has 6 heteroatoms. The normalized spacial score (nSPS) is 13.1. The number of carbonyl (C=O) groups is 2. The number of hydrogen-bond donors (Lipinski definition) is 3. The molecule has 0 bridgehead atoms. The number of nitrogens with one attached hydrogen (secondary N) is 3. The Kier molecular flexibility index (Phi) is 7.93. The molecule has 0 aromatic heterocycles. The van der Waals surface area contributed by atoms with Gasteiger partial charge in [0.25, 0.3) is 5.91 Å². The number of carbonyl (C=O) groups excluding carboxylic acids is 2. The van der Waals surface area contributed by atoms with Crippen LogP contribution in [0.5, 0.6) is 0 Å². The molecule has 0 spiro atoms. The molecule has 6 nitrogen and oxygen atoms in total. The van der Waals surface area contributed by atoms with Crippen LogP contribution in [-0.4, -0.2) is 25.0 Å². The molecule has 0 saturated carbocycles. The highest BCUT2D eigenvalue weighted by atomic mass is 16.2. The summed E-state index contributed by atoms with van der Waals surface area (Å²) >= 11 is 0. The fourth-order valence-corrected chi connectivity index (χ4v) is 4.42. The molecule has 1 aliphatic rings.